The van der Waals surface area contributed by atoms with Crippen LogP contribution in [0.3, 0.4) is 0 Å². The van der Waals surface area contributed by atoms with E-state index in [9.17, 15) is 0 Å². The van der Waals surface area contributed by atoms with Gasteiger partial charge >= 0.3 is 0 Å². The Hall–Kier alpha value is -1.56. The maximum absolute atomic E-state index is 4.58. The average Bonchev–Trinajstić information content (AvgIpc) is 2.46. The van der Waals surface area contributed by atoms with Crippen LogP contribution in [0.25, 0.3) is 11.5 Å². The van der Waals surface area contributed by atoms with Gasteiger partial charge in [-0.2, -0.15) is 0 Å². The van der Waals surface area contributed by atoms with Gasteiger partial charge in [-0.05, 0) is 41.8 Å². The summed E-state index contributed by atoms with van der Waals surface area (Å²) in [7, 11) is 0. The number of anilines is 1. The van der Waals surface area contributed by atoms with Crippen LogP contribution in [0.5, 0.6) is 0 Å². The molecule has 0 aromatic carbocycles. The Morgan fingerprint density at radius 2 is 2.00 bits per heavy atom. The van der Waals surface area contributed by atoms with E-state index < -0.39 is 0 Å². The molecule has 2 aromatic rings. The molecule has 2 heterocycles. The van der Waals surface area contributed by atoms with Gasteiger partial charge in [0.2, 0.25) is 0 Å². The summed E-state index contributed by atoms with van der Waals surface area (Å²) >= 11 is 3.57. The number of rotatable bonds is 5. The number of aryl methyl sites for hydroxylation is 2. The van der Waals surface area contributed by atoms with Gasteiger partial charge in [0.15, 0.2) is 5.82 Å². The maximum atomic E-state index is 4.58. The first-order valence-electron chi connectivity index (χ1n) is 6.76. The van der Waals surface area contributed by atoms with Crippen LogP contribution in [-0.2, 0) is 6.42 Å². The van der Waals surface area contributed by atoms with Crippen molar-refractivity contribution in [3.63, 3.8) is 0 Å². The van der Waals surface area contributed by atoms with Crippen molar-refractivity contribution in [1.82, 2.24) is 19.9 Å². The number of hydrogen-bond donors (Lipinski definition) is 1. The first kappa shape index (κ1) is 14.8. The highest BCUT2D eigenvalue weighted by atomic mass is 79.9. The molecule has 2 aromatic heterocycles. The number of halogens is 1. The van der Waals surface area contributed by atoms with E-state index in [0.29, 0.717) is 5.82 Å². The summed E-state index contributed by atoms with van der Waals surface area (Å²) in [5.41, 5.74) is 1.73. The summed E-state index contributed by atoms with van der Waals surface area (Å²) in [6, 6.07) is 1.83. The Morgan fingerprint density at radius 1 is 1.20 bits per heavy atom. The van der Waals surface area contributed by atoms with E-state index in [1.54, 1.807) is 6.20 Å². The lowest BCUT2D eigenvalue weighted by Crippen LogP contribution is -2.08. The lowest BCUT2D eigenvalue weighted by atomic mass is 10.3. The highest BCUT2D eigenvalue weighted by Crippen LogP contribution is 2.26. The summed E-state index contributed by atoms with van der Waals surface area (Å²) in [5.74, 6) is 2.18. The van der Waals surface area contributed by atoms with Gasteiger partial charge in [0.1, 0.15) is 17.3 Å². The molecular weight excluding hydrogens is 318 g/mol. The van der Waals surface area contributed by atoms with Crippen molar-refractivity contribution in [3.05, 3.63) is 28.3 Å². The summed E-state index contributed by atoms with van der Waals surface area (Å²) in [5, 5.41) is 3.32. The third-order valence-electron chi connectivity index (χ3n) is 2.80. The normalized spacial score (nSPS) is 10.6. The Labute approximate surface area is 127 Å². The van der Waals surface area contributed by atoms with Crippen LogP contribution >= 0.6 is 15.9 Å². The molecule has 0 spiro atoms. The van der Waals surface area contributed by atoms with Gasteiger partial charge in [-0.15, -0.1) is 0 Å². The van der Waals surface area contributed by atoms with Crippen LogP contribution in [0.15, 0.2) is 16.7 Å². The highest BCUT2D eigenvalue weighted by molar-refractivity contribution is 9.10. The SMILES string of the molecule is CCCNc1nc(-c2ccnc(C)n2)nc(CC)c1Br. The molecule has 1 N–H and O–H groups in total. The van der Waals surface area contributed by atoms with Crippen molar-refractivity contribution in [2.75, 3.05) is 11.9 Å². The van der Waals surface area contributed by atoms with Crippen molar-refractivity contribution in [2.45, 2.75) is 33.6 Å². The fraction of sp³-hybridized carbons (Fsp3) is 0.429. The van der Waals surface area contributed by atoms with E-state index in [4.69, 9.17) is 0 Å². The molecule has 0 saturated heterocycles. The zero-order valence-electron chi connectivity index (χ0n) is 11.9. The fourth-order valence-corrected chi connectivity index (χ4v) is 2.38. The molecular formula is C14H18BrN5. The molecule has 0 unspecified atom stereocenters. The monoisotopic (exact) mass is 335 g/mol. The van der Waals surface area contributed by atoms with E-state index in [2.05, 4.69) is 55.0 Å². The minimum absolute atomic E-state index is 0.633. The molecule has 0 aliphatic rings. The van der Waals surface area contributed by atoms with Crippen LogP contribution in [0.1, 0.15) is 31.8 Å². The Bertz CT molecular complexity index is 600. The van der Waals surface area contributed by atoms with E-state index in [1.807, 2.05) is 13.0 Å². The Morgan fingerprint density at radius 3 is 2.65 bits per heavy atom. The van der Waals surface area contributed by atoms with Crippen LogP contribution in [0.4, 0.5) is 5.82 Å². The molecule has 0 bridgehead atoms. The molecule has 0 amide bonds. The third-order valence-corrected chi connectivity index (χ3v) is 3.64. The van der Waals surface area contributed by atoms with Crippen molar-refractivity contribution < 1.29 is 0 Å². The fourth-order valence-electron chi connectivity index (χ4n) is 1.78. The molecule has 106 valence electrons. The van der Waals surface area contributed by atoms with Gasteiger partial charge < -0.3 is 5.32 Å². The van der Waals surface area contributed by atoms with Gasteiger partial charge in [-0.3, -0.25) is 0 Å². The minimum atomic E-state index is 0.633. The van der Waals surface area contributed by atoms with E-state index in [1.165, 1.54) is 0 Å². The summed E-state index contributed by atoms with van der Waals surface area (Å²) in [4.78, 5) is 17.6. The Balaban J connectivity index is 2.48. The van der Waals surface area contributed by atoms with E-state index in [0.717, 1.165) is 46.9 Å². The van der Waals surface area contributed by atoms with Crippen molar-refractivity contribution in [2.24, 2.45) is 0 Å². The van der Waals surface area contributed by atoms with Crippen LogP contribution < -0.4 is 5.32 Å². The average molecular weight is 336 g/mol. The largest absolute Gasteiger partial charge is 0.369 e. The van der Waals surface area contributed by atoms with Crippen molar-refractivity contribution in [3.8, 4) is 11.5 Å². The standard InChI is InChI=1S/C14H18BrN5/c1-4-7-17-14-12(15)10(5-2)19-13(20-14)11-6-8-16-9(3)18-11/h6,8H,4-5,7H2,1-3H3,(H,17,19,20). The van der Waals surface area contributed by atoms with Gasteiger partial charge in [0.05, 0.1) is 10.2 Å². The van der Waals surface area contributed by atoms with Crippen LogP contribution in [-0.4, -0.2) is 26.5 Å². The first-order valence-corrected chi connectivity index (χ1v) is 7.55. The smallest absolute Gasteiger partial charge is 0.180 e. The van der Waals surface area contributed by atoms with Crippen LogP contribution in [0.2, 0.25) is 0 Å². The van der Waals surface area contributed by atoms with Crippen molar-refractivity contribution >= 4 is 21.7 Å². The van der Waals surface area contributed by atoms with Gasteiger partial charge in [-0.25, -0.2) is 19.9 Å². The van der Waals surface area contributed by atoms with Crippen molar-refractivity contribution in [1.29, 1.82) is 0 Å². The summed E-state index contributed by atoms with van der Waals surface area (Å²) in [6.07, 6.45) is 3.61. The third kappa shape index (κ3) is 3.30. The first-order chi connectivity index (χ1) is 9.65. The number of nitrogens with zero attached hydrogens (tertiary/aromatic N) is 4. The molecule has 0 aliphatic carbocycles. The number of aromatic nitrogens is 4. The van der Waals surface area contributed by atoms with Gasteiger partial charge in [0.25, 0.3) is 0 Å². The molecule has 0 fully saturated rings. The summed E-state index contributed by atoms with van der Waals surface area (Å²) in [6.45, 7) is 6.93. The topological polar surface area (TPSA) is 63.6 Å². The maximum Gasteiger partial charge on any atom is 0.180 e. The van der Waals surface area contributed by atoms with Gasteiger partial charge in [-0.1, -0.05) is 13.8 Å². The van der Waals surface area contributed by atoms with E-state index >= 15 is 0 Å². The zero-order valence-corrected chi connectivity index (χ0v) is 13.5. The second-order valence-corrected chi connectivity index (χ2v) is 5.22. The minimum Gasteiger partial charge on any atom is -0.369 e. The molecule has 0 saturated carbocycles. The molecule has 0 atom stereocenters. The lowest BCUT2D eigenvalue weighted by Gasteiger charge is -2.11. The van der Waals surface area contributed by atoms with E-state index in [-0.39, 0.29) is 0 Å². The van der Waals surface area contributed by atoms with Gasteiger partial charge in [0, 0.05) is 12.7 Å². The molecule has 5 nitrogen and oxygen atoms in total. The lowest BCUT2D eigenvalue weighted by molar-refractivity contribution is 0.937. The number of hydrogen-bond acceptors (Lipinski definition) is 5. The molecule has 6 heteroatoms. The molecule has 2 rings (SSSR count). The quantitative estimate of drug-likeness (QED) is 0.907. The van der Waals surface area contributed by atoms with Crippen LogP contribution in [0, 0.1) is 6.92 Å². The zero-order chi connectivity index (χ0) is 14.5. The Kier molecular flexibility index (Phi) is 5.00. The summed E-state index contributed by atoms with van der Waals surface area (Å²) < 4.78 is 0.933. The molecule has 20 heavy (non-hydrogen) atoms. The predicted molar refractivity (Wildman–Crippen MR) is 83.7 cm³/mol. The highest BCUT2D eigenvalue weighted by Gasteiger charge is 2.13. The second-order valence-electron chi connectivity index (χ2n) is 4.43. The predicted octanol–water partition coefficient (Wildman–Crippen LogP) is 3.39. The molecule has 0 aliphatic heterocycles. The number of nitrogens with one attached hydrogen (secondary N) is 1. The second kappa shape index (κ2) is 6.74. The molecule has 0 radical (unpaired) electrons.